The second-order valence-electron chi connectivity index (χ2n) is 8.87. The molecular formula is C23H28N6O3. The number of carboxylic acid groups (broad SMARTS) is 1. The summed E-state index contributed by atoms with van der Waals surface area (Å²) in [5.41, 5.74) is 4.11. The van der Waals surface area contributed by atoms with Crippen LogP contribution in [0, 0.1) is 11.8 Å². The molecule has 0 saturated heterocycles. The van der Waals surface area contributed by atoms with Gasteiger partial charge in [0.2, 0.25) is 5.95 Å². The lowest BCUT2D eigenvalue weighted by molar-refractivity contribution is -0.143. The lowest BCUT2D eigenvalue weighted by Gasteiger charge is -2.26. The Kier molecular flexibility index (Phi) is 5.42. The van der Waals surface area contributed by atoms with Gasteiger partial charge < -0.3 is 20.1 Å². The Morgan fingerprint density at radius 2 is 2.16 bits per heavy atom. The summed E-state index contributed by atoms with van der Waals surface area (Å²) in [6.07, 6.45) is 7.05. The number of nitrogens with one attached hydrogen (secondary N) is 1. The van der Waals surface area contributed by atoms with Gasteiger partial charge in [-0.2, -0.15) is 10.1 Å². The van der Waals surface area contributed by atoms with Crippen LogP contribution >= 0.6 is 0 Å². The topological polar surface area (TPSA) is 105 Å². The van der Waals surface area contributed by atoms with Gasteiger partial charge in [0, 0.05) is 25.8 Å². The van der Waals surface area contributed by atoms with Crippen molar-refractivity contribution in [3.05, 3.63) is 35.7 Å². The van der Waals surface area contributed by atoms with E-state index in [1.54, 1.807) is 19.5 Å². The minimum absolute atomic E-state index is 0.0692. The highest BCUT2D eigenvalue weighted by atomic mass is 16.5. The number of carbonyl (C=O) groups is 1. The number of hydrogen-bond acceptors (Lipinski definition) is 7. The molecule has 5 rings (SSSR count). The monoisotopic (exact) mass is 436 g/mol. The maximum Gasteiger partial charge on any atom is 0.306 e. The molecule has 3 heterocycles. The zero-order chi connectivity index (χ0) is 22.2. The molecule has 2 aromatic heterocycles. The number of aromatic nitrogens is 4. The van der Waals surface area contributed by atoms with Gasteiger partial charge in [0.25, 0.3) is 0 Å². The van der Waals surface area contributed by atoms with Gasteiger partial charge in [-0.15, -0.1) is 0 Å². The minimum Gasteiger partial charge on any atom is -0.495 e. The molecule has 3 aromatic rings. The number of methoxy groups -OCH3 is 1. The van der Waals surface area contributed by atoms with Crippen LogP contribution in [0.5, 0.6) is 5.75 Å². The molecule has 1 aliphatic carbocycles. The van der Waals surface area contributed by atoms with Crippen LogP contribution in [0.3, 0.4) is 0 Å². The quantitative estimate of drug-likeness (QED) is 0.607. The fourth-order valence-electron chi connectivity index (χ4n) is 4.98. The smallest absolute Gasteiger partial charge is 0.306 e. The van der Waals surface area contributed by atoms with Crippen molar-refractivity contribution in [1.82, 2.24) is 24.6 Å². The molecule has 168 valence electrons. The molecule has 9 nitrogen and oxygen atoms in total. The first-order valence-corrected chi connectivity index (χ1v) is 11.1. The van der Waals surface area contributed by atoms with Gasteiger partial charge in [0.1, 0.15) is 5.75 Å². The Bertz CT molecular complexity index is 1160. The van der Waals surface area contributed by atoms with Crippen LogP contribution < -0.4 is 10.1 Å². The number of likely N-dealkylation sites (N-methyl/N-ethyl adjacent to an activating group) is 1. The van der Waals surface area contributed by atoms with Gasteiger partial charge in [0.15, 0.2) is 5.65 Å². The first-order chi connectivity index (χ1) is 15.5. The first kappa shape index (κ1) is 20.7. The Morgan fingerprint density at radius 1 is 1.28 bits per heavy atom. The molecule has 0 unspecified atom stereocenters. The average Bonchev–Trinajstić information content (AvgIpc) is 3.41. The number of carboxylic acids is 1. The van der Waals surface area contributed by atoms with Crippen LogP contribution in [0.15, 0.2) is 24.5 Å². The largest absolute Gasteiger partial charge is 0.495 e. The van der Waals surface area contributed by atoms with E-state index in [9.17, 15) is 9.90 Å². The maximum absolute atomic E-state index is 11.6. The van der Waals surface area contributed by atoms with Crippen LogP contribution in [-0.4, -0.2) is 56.4 Å². The van der Waals surface area contributed by atoms with Crippen molar-refractivity contribution >= 4 is 28.6 Å². The standard InChI is InChI=1S/C23H28N6O3/c1-28-7-6-14-9-20(32-2)19(8-16(14)12-28)26-23-24-10-17-11-25-29(21(17)27-23)13-15-4-3-5-18(15)22(30)31/h8-11,15,18H,3-7,12-13H2,1-2H3,(H,30,31)(H,24,26,27)/t15-,18+/m0/s1. The summed E-state index contributed by atoms with van der Waals surface area (Å²) in [6.45, 7) is 2.48. The van der Waals surface area contributed by atoms with E-state index in [1.807, 2.05) is 4.68 Å². The third-order valence-electron chi connectivity index (χ3n) is 6.73. The van der Waals surface area contributed by atoms with Gasteiger partial charge in [-0.3, -0.25) is 4.79 Å². The van der Waals surface area contributed by atoms with Crippen molar-refractivity contribution in [2.24, 2.45) is 11.8 Å². The van der Waals surface area contributed by atoms with Gasteiger partial charge in [-0.1, -0.05) is 6.42 Å². The van der Waals surface area contributed by atoms with Crippen molar-refractivity contribution in [2.75, 3.05) is 26.0 Å². The molecule has 1 fully saturated rings. The van der Waals surface area contributed by atoms with E-state index < -0.39 is 5.97 Å². The lowest BCUT2D eigenvalue weighted by Crippen LogP contribution is -2.26. The summed E-state index contributed by atoms with van der Waals surface area (Å²) in [5.74, 6) is 0.265. The van der Waals surface area contributed by atoms with Crippen LogP contribution in [-0.2, 0) is 24.3 Å². The summed E-state index contributed by atoms with van der Waals surface area (Å²) in [4.78, 5) is 23.0. The summed E-state index contributed by atoms with van der Waals surface area (Å²) >= 11 is 0. The molecule has 1 aromatic carbocycles. The highest BCUT2D eigenvalue weighted by Crippen LogP contribution is 2.35. The highest BCUT2D eigenvalue weighted by Gasteiger charge is 2.33. The van der Waals surface area contributed by atoms with Crippen LogP contribution in [0.4, 0.5) is 11.6 Å². The molecule has 2 atom stereocenters. The second kappa shape index (κ2) is 8.38. The van der Waals surface area contributed by atoms with E-state index in [0.717, 1.165) is 55.6 Å². The molecule has 0 amide bonds. The molecule has 1 saturated carbocycles. The Hall–Kier alpha value is -3.20. The number of hydrogen-bond donors (Lipinski definition) is 2. The van der Waals surface area contributed by atoms with Crippen molar-refractivity contribution in [3.8, 4) is 5.75 Å². The number of ether oxygens (including phenoxy) is 1. The number of nitrogens with zero attached hydrogens (tertiary/aromatic N) is 5. The van der Waals surface area contributed by atoms with E-state index in [4.69, 9.17) is 9.72 Å². The number of aliphatic carboxylic acids is 1. The second-order valence-corrected chi connectivity index (χ2v) is 8.87. The third-order valence-corrected chi connectivity index (χ3v) is 6.73. The number of benzene rings is 1. The zero-order valence-corrected chi connectivity index (χ0v) is 18.4. The van der Waals surface area contributed by atoms with Crippen LogP contribution in [0.2, 0.25) is 0 Å². The fraction of sp³-hybridized carbons (Fsp3) is 0.478. The molecule has 1 aliphatic heterocycles. The Labute approximate surface area is 186 Å². The maximum atomic E-state index is 11.6. The SMILES string of the molecule is COc1cc2c(cc1Nc1ncc3cnn(C[C@@H]4CCC[C@H]4C(=O)O)c3n1)CN(C)CC2. The highest BCUT2D eigenvalue weighted by molar-refractivity contribution is 5.76. The van der Waals surface area contributed by atoms with Gasteiger partial charge in [-0.25, -0.2) is 9.67 Å². The van der Waals surface area contributed by atoms with E-state index in [2.05, 4.69) is 39.5 Å². The lowest BCUT2D eigenvalue weighted by atomic mass is 9.96. The Balaban J connectivity index is 1.43. The first-order valence-electron chi connectivity index (χ1n) is 11.1. The molecule has 0 bridgehead atoms. The average molecular weight is 437 g/mol. The van der Waals surface area contributed by atoms with Gasteiger partial charge >= 0.3 is 5.97 Å². The number of rotatable bonds is 6. The molecule has 9 heteroatoms. The van der Waals surface area contributed by atoms with Crippen molar-refractivity contribution in [1.29, 1.82) is 0 Å². The molecule has 32 heavy (non-hydrogen) atoms. The van der Waals surface area contributed by atoms with E-state index in [0.29, 0.717) is 18.1 Å². The minimum atomic E-state index is -0.717. The van der Waals surface area contributed by atoms with Gasteiger partial charge in [-0.05, 0) is 55.5 Å². The number of anilines is 2. The molecule has 2 N–H and O–H groups in total. The summed E-state index contributed by atoms with van der Waals surface area (Å²) in [5, 5.41) is 18.1. The van der Waals surface area contributed by atoms with E-state index in [-0.39, 0.29) is 11.8 Å². The predicted octanol–water partition coefficient (Wildman–Crippen LogP) is 3.07. The van der Waals surface area contributed by atoms with E-state index >= 15 is 0 Å². The fourth-order valence-corrected chi connectivity index (χ4v) is 4.98. The van der Waals surface area contributed by atoms with Gasteiger partial charge in [0.05, 0.1) is 30.3 Å². The van der Waals surface area contributed by atoms with Crippen molar-refractivity contribution < 1.29 is 14.6 Å². The van der Waals surface area contributed by atoms with Crippen LogP contribution in [0.25, 0.3) is 11.0 Å². The Morgan fingerprint density at radius 3 is 2.97 bits per heavy atom. The van der Waals surface area contributed by atoms with Crippen LogP contribution in [0.1, 0.15) is 30.4 Å². The van der Waals surface area contributed by atoms with Crippen molar-refractivity contribution in [2.45, 2.75) is 38.8 Å². The zero-order valence-electron chi connectivity index (χ0n) is 18.4. The summed E-state index contributed by atoms with van der Waals surface area (Å²) < 4.78 is 7.44. The van der Waals surface area contributed by atoms with E-state index in [1.165, 1.54) is 11.1 Å². The molecule has 0 spiro atoms. The summed E-state index contributed by atoms with van der Waals surface area (Å²) in [6, 6.07) is 4.21. The molecule has 0 radical (unpaired) electrons. The normalized spacial score (nSPS) is 20.9. The third kappa shape index (κ3) is 3.88. The summed E-state index contributed by atoms with van der Waals surface area (Å²) in [7, 11) is 3.79. The predicted molar refractivity (Wildman–Crippen MR) is 120 cm³/mol. The molecular weight excluding hydrogens is 408 g/mol. The van der Waals surface area contributed by atoms with Crippen molar-refractivity contribution in [3.63, 3.8) is 0 Å². The molecule has 2 aliphatic rings. The number of fused-ring (bicyclic) bond motifs is 2.